The van der Waals surface area contributed by atoms with Crippen molar-refractivity contribution in [2.75, 3.05) is 0 Å². The lowest BCUT2D eigenvalue weighted by Gasteiger charge is -2.22. The Hall–Kier alpha value is -3.31. The summed E-state index contributed by atoms with van der Waals surface area (Å²) in [5.74, 6) is -0.0703. The molecule has 0 saturated carbocycles. The van der Waals surface area contributed by atoms with E-state index < -0.39 is 0 Å². The third-order valence-electron chi connectivity index (χ3n) is 4.35. The molecular weight excluding hydrogens is 366 g/mol. The van der Waals surface area contributed by atoms with Crippen molar-refractivity contribution >= 4 is 17.2 Å². The number of carbonyl (C=O) groups excluding carboxylic acids is 1. The zero-order valence-corrected chi connectivity index (χ0v) is 16.0. The Labute approximate surface area is 168 Å². The van der Waals surface area contributed by atoms with E-state index >= 15 is 0 Å². The molecule has 0 N–H and O–H groups in total. The Bertz CT molecular complexity index is 992. The van der Waals surface area contributed by atoms with Crippen LogP contribution in [0.1, 0.15) is 21.6 Å². The van der Waals surface area contributed by atoms with Crippen LogP contribution in [0.15, 0.2) is 90.6 Å². The van der Waals surface area contributed by atoms with E-state index in [1.54, 1.807) is 12.4 Å². The van der Waals surface area contributed by atoms with E-state index in [0.29, 0.717) is 18.8 Å². The second-order valence-electron chi connectivity index (χ2n) is 6.41. The number of carbonyl (C=O) groups is 1. The highest BCUT2D eigenvalue weighted by atomic mass is 32.1. The fraction of sp³-hybridized carbons (Fsp3) is 0.0870. The first-order valence-electron chi connectivity index (χ1n) is 9.02. The van der Waals surface area contributed by atoms with Crippen molar-refractivity contribution in [3.63, 3.8) is 0 Å². The molecule has 0 unspecified atom stereocenters. The van der Waals surface area contributed by atoms with Gasteiger partial charge in [-0.05, 0) is 23.3 Å². The minimum atomic E-state index is -0.0703. The summed E-state index contributed by atoms with van der Waals surface area (Å²) in [6.45, 7) is 1.07. The minimum Gasteiger partial charge on any atom is -0.329 e. The highest BCUT2D eigenvalue weighted by Crippen LogP contribution is 2.24. The smallest absolute Gasteiger partial charge is 0.273 e. The normalized spacial score (nSPS) is 10.6. The number of hydrogen-bond donors (Lipinski definition) is 0. The van der Waals surface area contributed by atoms with Crippen molar-refractivity contribution in [3.8, 4) is 10.6 Å². The molecule has 5 heteroatoms. The van der Waals surface area contributed by atoms with Gasteiger partial charge in [0.15, 0.2) is 0 Å². The summed E-state index contributed by atoms with van der Waals surface area (Å²) in [5.41, 5.74) is 3.57. The number of benzene rings is 2. The molecule has 4 rings (SSSR count). The fourth-order valence-electron chi connectivity index (χ4n) is 2.96. The summed E-state index contributed by atoms with van der Waals surface area (Å²) >= 11 is 1.46. The summed E-state index contributed by atoms with van der Waals surface area (Å²) in [6, 6.07) is 23.9. The second-order valence-corrected chi connectivity index (χ2v) is 7.27. The van der Waals surface area contributed by atoms with Gasteiger partial charge in [0.1, 0.15) is 10.7 Å². The average molecular weight is 385 g/mol. The van der Waals surface area contributed by atoms with Crippen molar-refractivity contribution in [2.24, 2.45) is 0 Å². The van der Waals surface area contributed by atoms with Gasteiger partial charge in [0.2, 0.25) is 0 Å². The number of amides is 1. The van der Waals surface area contributed by atoms with Crippen molar-refractivity contribution in [1.29, 1.82) is 0 Å². The Balaban J connectivity index is 1.60. The molecule has 1 amide bonds. The third-order valence-corrected chi connectivity index (χ3v) is 5.24. The van der Waals surface area contributed by atoms with Crippen LogP contribution in [-0.2, 0) is 13.1 Å². The second kappa shape index (κ2) is 8.59. The lowest BCUT2D eigenvalue weighted by Crippen LogP contribution is -2.30. The first kappa shape index (κ1) is 18.1. The predicted octanol–water partition coefficient (Wildman–Crippen LogP) is 5.05. The monoisotopic (exact) mass is 385 g/mol. The molecule has 0 atom stereocenters. The standard InChI is InChI=1S/C23H19N3OS/c27-23(21-17-28-22(25-21)20-12-7-13-24-14-20)26(15-18-8-3-1-4-9-18)16-19-10-5-2-6-11-19/h1-14,17H,15-16H2. The number of pyridine rings is 1. The van der Waals surface area contributed by atoms with Crippen LogP contribution < -0.4 is 0 Å². The predicted molar refractivity (Wildman–Crippen MR) is 112 cm³/mol. The highest BCUT2D eigenvalue weighted by Gasteiger charge is 2.20. The van der Waals surface area contributed by atoms with Gasteiger partial charge in [-0.15, -0.1) is 11.3 Å². The van der Waals surface area contributed by atoms with Crippen LogP contribution in [0.25, 0.3) is 10.6 Å². The molecule has 2 aromatic heterocycles. The SMILES string of the molecule is O=C(c1csc(-c2cccnc2)n1)N(Cc1ccccc1)Cc1ccccc1. The van der Waals surface area contributed by atoms with Crippen molar-refractivity contribution in [1.82, 2.24) is 14.9 Å². The number of aromatic nitrogens is 2. The maximum Gasteiger partial charge on any atom is 0.273 e. The maximum absolute atomic E-state index is 13.3. The quantitative estimate of drug-likeness (QED) is 0.467. The van der Waals surface area contributed by atoms with E-state index in [-0.39, 0.29) is 5.91 Å². The van der Waals surface area contributed by atoms with Crippen LogP contribution in [0.5, 0.6) is 0 Å². The Morgan fingerprint density at radius 2 is 1.50 bits per heavy atom. The summed E-state index contributed by atoms with van der Waals surface area (Å²) < 4.78 is 0. The third kappa shape index (κ3) is 4.32. The first-order chi connectivity index (χ1) is 13.8. The molecule has 2 aromatic carbocycles. The first-order valence-corrected chi connectivity index (χ1v) is 9.90. The van der Waals surface area contributed by atoms with Crippen molar-refractivity contribution in [2.45, 2.75) is 13.1 Å². The molecule has 138 valence electrons. The van der Waals surface area contributed by atoms with Crippen molar-refractivity contribution < 1.29 is 4.79 Å². The molecule has 4 aromatic rings. The van der Waals surface area contributed by atoms with Crippen LogP contribution in [0.2, 0.25) is 0 Å². The van der Waals surface area contributed by atoms with Gasteiger partial charge >= 0.3 is 0 Å². The molecule has 4 nitrogen and oxygen atoms in total. The number of nitrogens with zero attached hydrogens (tertiary/aromatic N) is 3. The molecule has 28 heavy (non-hydrogen) atoms. The summed E-state index contributed by atoms with van der Waals surface area (Å²) in [5, 5.41) is 2.63. The van der Waals surface area contributed by atoms with Gasteiger partial charge in [-0.3, -0.25) is 9.78 Å². The average Bonchev–Trinajstić information content (AvgIpc) is 3.25. The molecule has 0 aliphatic heterocycles. The molecule has 0 spiro atoms. The molecule has 0 aliphatic rings. The lowest BCUT2D eigenvalue weighted by atomic mass is 10.1. The lowest BCUT2D eigenvalue weighted by molar-refractivity contribution is 0.0725. The van der Waals surface area contributed by atoms with Crippen LogP contribution >= 0.6 is 11.3 Å². The minimum absolute atomic E-state index is 0.0703. The zero-order valence-electron chi connectivity index (χ0n) is 15.2. The van der Waals surface area contributed by atoms with E-state index in [1.807, 2.05) is 83.1 Å². The fourth-order valence-corrected chi connectivity index (χ4v) is 3.75. The topological polar surface area (TPSA) is 46.1 Å². The molecule has 0 bridgehead atoms. The number of thiazole rings is 1. The number of hydrogen-bond acceptors (Lipinski definition) is 4. The van der Waals surface area contributed by atoms with Gasteiger partial charge < -0.3 is 4.90 Å². The van der Waals surface area contributed by atoms with E-state index in [0.717, 1.165) is 21.7 Å². The van der Waals surface area contributed by atoms with E-state index in [4.69, 9.17) is 0 Å². The Morgan fingerprint density at radius 1 is 0.857 bits per heavy atom. The van der Waals surface area contributed by atoms with Gasteiger partial charge in [-0.2, -0.15) is 0 Å². The molecule has 0 aliphatic carbocycles. The van der Waals surface area contributed by atoms with Gasteiger partial charge in [-0.25, -0.2) is 4.98 Å². The van der Waals surface area contributed by atoms with Crippen LogP contribution in [0.4, 0.5) is 0 Å². The molecule has 0 fully saturated rings. The van der Waals surface area contributed by atoms with Crippen LogP contribution in [-0.4, -0.2) is 20.8 Å². The van der Waals surface area contributed by atoms with Gasteiger partial charge in [0, 0.05) is 36.4 Å². The van der Waals surface area contributed by atoms with E-state index in [1.165, 1.54) is 11.3 Å². The van der Waals surface area contributed by atoms with Crippen LogP contribution in [0, 0.1) is 0 Å². The maximum atomic E-state index is 13.3. The highest BCUT2D eigenvalue weighted by molar-refractivity contribution is 7.13. The van der Waals surface area contributed by atoms with Gasteiger partial charge in [0.05, 0.1) is 0 Å². The van der Waals surface area contributed by atoms with Crippen molar-refractivity contribution in [3.05, 3.63) is 107 Å². The van der Waals surface area contributed by atoms with E-state index in [9.17, 15) is 4.79 Å². The zero-order chi connectivity index (χ0) is 19.2. The molecule has 0 saturated heterocycles. The summed E-state index contributed by atoms with van der Waals surface area (Å²) in [7, 11) is 0. The Morgan fingerprint density at radius 3 is 2.07 bits per heavy atom. The van der Waals surface area contributed by atoms with Crippen LogP contribution in [0.3, 0.4) is 0 Å². The molecule has 2 heterocycles. The molecule has 0 radical (unpaired) electrons. The van der Waals surface area contributed by atoms with Gasteiger partial charge in [0.25, 0.3) is 5.91 Å². The summed E-state index contributed by atoms with van der Waals surface area (Å²) in [4.78, 5) is 23.8. The number of rotatable bonds is 6. The largest absolute Gasteiger partial charge is 0.329 e. The van der Waals surface area contributed by atoms with Gasteiger partial charge in [-0.1, -0.05) is 60.7 Å². The Kier molecular flexibility index (Phi) is 5.54. The summed E-state index contributed by atoms with van der Waals surface area (Å²) in [6.07, 6.45) is 3.49. The van der Waals surface area contributed by atoms with E-state index in [2.05, 4.69) is 9.97 Å². The molecular formula is C23H19N3OS.